The molecule has 1 aliphatic heterocycles. The second-order valence-electron chi connectivity index (χ2n) is 11.6. The number of nitrogens with zero attached hydrogens (tertiary/aromatic N) is 3. The Bertz CT molecular complexity index is 1340. The standard InChI is InChI=1S/C32H38N6O4/c39-30(37-41)24-16-35-32(36-17-24)38-19-27-26(28(27)20-38)18-33-14-21-10-12-22(13-11-21)15-34-29(23-6-2-1-3-7-23)31(40)42-25-8-4-5-9-25/h1-3,6-7,10-13,16-17,25-29,33-34,41H,4-5,8-9,14-15,18-20H2,(H,37,39)/t26?,27?,28?,29-/m0/s1. The van der Waals surface area contributed by atoms with Gasteiger partial charge in [0.1, 0.15) is 12.1 Å². The molecule has 3 aromatic rings. The summed E-state index contributed by atoms with van der Waals surface area (Å²) in [5.41, 5.74) is 5.10. The average Bonchev–Trinajstić information content (AvgIpc) is 3.37. The van der Waals surface area contributed by atoms with Gasteiger partial charge in [-0.05, 0) is 66.7 Å². The highest BCUT2D eigenvalue weighted by atomic mass is 16.5. The van der Waals surface area contributed by atoms with Gasteiger partial charge in [0.2, 0.25) is 5.95 Å². The van der Waals surface area contributed by atoms with Gasteiger partial charge >= 0.3 is 5.97 Å². The molecule has 4 N–H and O–H groups in total. The third-order valence-corrected chi connectivity index (χ3v) is 8.85. The van der Waals surface area contributed by atoms with E-state index in [1.165, 1.54) is 18.0 Å². The highest BCUT2D eigenvalue weighted by Gasteiger charge is 2.55. The Balaban J connectivity index is 0.936. The molecule has 2 aromatic carbocycles. The number of piperidine rings is 1. The predicted octanol–water partition coefficient (Wildman–Crippen LogP) is 3.38. The van der Waals surface area contributed by atoms with Crippen LogP contribution in [0.1, 0.15) is 58.8 Å². The van der Waals surface area contributed by atoms with Crippen molar-refractivity contribution >= 4 is 17.8 Å². The normalized spacial score (nSPS) is 22.0. The smallest absolute Gasteiger partial charge is 0.328 e. The Labute approximate surface area is 245 Å². The molecule has 0 bridgehead atoms. The largest absolute Gasteiger partial charge is 0.461 e. The lowest BCUT2D eigenvalue weighted by molar-refractivity contribution is -0.151. The van der Waals surface area contributed by atoms with E-state index in [2.05, 4.69) is 49.8 Å². The van der Waals surface area contributed by atoms with E-state index in [1.807, 2.05) is 30.3 Å². The highest BCUT2D eigenvalue weighted by Crippen LogP contribution is 2.51. The Morgan fingerprint density at radius 1 is 0.929 bits per heavy atom. The summed E-state index contributed by atoms with van der Waals surface area (Å²) < 4.78 is 5.84. The number of hydroxylamine groups is 1. The topological polar surface area (TPSA) is 129 Å². The number of fused-ring (bicyclic) bond motifs is 1. The summed E-state index contributed by atoms with van der Waals surface area (Å²) in [6.45, 7) is 4.21. The van der Waals surface area contributed by atoms with Crippen LogP contribution in [0.3, 0.4) is 0 Å². The van der Waals surface area contributed by atoms with E-state index in [4.69, 9.17) is 9.94 Å². The van der Waals surface area contributed by atoms with Crippen LogP contribution in [0.5, 0.6) is 0 Å². The van der Waals surface area contributed by atoms with E-state index in [9.17, 15) is 9.59 Å². The number of hydrogen-bond donors (Lipinski definition) is 4. The molecule has 0 spiro atoms. The summed E-state index contributed by atoms with van der Waals surface area (Å²) in [6.07, 6.45) is 7.09. The Kier molecular flexibility index (Phi) is 8.73. The first-order chi connectivity index (χ1) is 20.6. The molecule has 1 aromatic heterocycles. The molecule has 1 saturated heterocycles. The fourth-order valence-electron chi connectivity index (χ4n) is 6.38. The monoisotopic (exact) mass is 570 g/mol. The van der Waals surface area contributed by atoms with Crippen LogP contribution in [0.15, 0.2) is 67.0 Å². The maximum atomic E-state index is 13.0. The van der Waals surface area contributed by atoms with Crippen LogP contribution in [0.4, 0.5) is 5.95 Å². The molecule has 3 fully saturated rings. The lowest BCUT2D eigenvalue weighted by atomic mass is 10.1. The van der Waals surface area contributed by atoms with Gasteiger partial charge in [-0.1, -0.05) is 54.6 Å². The summed E-state index contributed by atoms with van der Waals surface area (Å²) in [5, 5.41) is 15.8. The van der Waals surface area contributed by atoms with Crippen LogP contribution in [-0.4, -0.2) is 52.8 Å². The van der Waals surface area contributed by atoms with Crippen molar-refractivity contribution in [1.29, 1.82) is 0 Å². The zero-order chi connectivity index (χ0) is 28.9. The van der Waals surface area contributed by atoms with Crippen LogP contribution in [0, 0.1) is 17.8 Å². The molecule has 0 radical (unpaired) electrons. The van der Waals surface area contributed by atoms with E-state index in [0.717, 1.165) is 63.0 Å². The van der Waals surface area contributed by atoms with Crippen LogP contribution >= 0.6 is 0 Å². The number of carbonyl (C=O) groups is 2. The lowest BCUT2D eigenvalue weighted by Gasteiger charge is -2.21. The van der Waals surface area contributed by atoms with Gasteiger partial charge in [-0.2, -0.15) is 0 Å². The molecule has 2 unspecified atom stereocenters. The van der Waals surface area contributed by atoms with Crippen molar-refractivity contribution in [3.8, 4) is 0 Å². The number of nitrogens with one attached hydrogen (secondary N) is 3. The SMILES string of the molecule is O=C(NO)c1cnc(N2CC3C(CNCc4ccc(CN[C@H](C(=O)OC5CCCC5)c5ccccc5)cc4)C3C2)nc1. The minimum absolute atomic E-state index is 0.0432. The number of amides is 1. The number of anilines is 1. The van der Waals surface area contributed by atoms with Gasteiger partial charge < -0.3 is 15.0 Å². The van der Waals surface area contributed by atoms with Gasteiger partial charge in [0.05, 0.1) is 5.56 Å². The van der Waals surface area contributed by atoms with Crippen LogP contribution in [-0.2, 0) is 22.6 Å². The fourth-order valence-corrected chi connectivity index (χ4v) is 6.38. The molecule has 2 heterocycles. The second kappa shape index (κ2) is 13.0. The minimum atomic E-state index is -0.615. The third kappa shape index (κ3) is 6.61. The molecular formula is C32H38N6O4. The fraction of sp³-hybridized carbons (Fsp3) is 0.438. The van der Waals surface area contributed by atoms with Crippen LogP contribution < -0.4 is 21.0 Å². The molecule has 1 amide bonds. The number of rotatable bonds is 12. The van der Waals surface area contributed by atoms with Crippen LogP contribution in [0.2, 0.25) is 0 Å². The van der Waals surface area contributed by atoms with Gasteiger partial charge in [-0.15, -0.1) is 0 Å². The molecule has 2 saturated carbocycles. The summed E-state index contributed by atoms with van der Waals surface area (Å²) in [6, 6.07) is 17.8. The maximum absolute atomic E-state index is 13.0. The maximum Gasteiger partial charge on any atom is 0.328 e. The Morgan fingerprint density at radius 2 is 1.57 bits per heavy atom. The first-order valence-electron chi connectivity index (χ1n) is 14.9. The Morgan fingerprint density at radius 3 is 2.21 bits per heavy atom. The van der Waals surface area contributed by atoms with E-state index in [-0.39, 0.29) is 17.6 Å². The molecule has 220 valence electrons. The van der Waals surface area contributed by atoms with Gasteiger partial charge in [-0.3, -0.25) is 15.3 Å². The van der Waals surface area contributed by atoms with E-state index in [1.54, 1.807) is 5.48 Å². The quantitative estimate of drug-likeness (QED) is 0.147. The van der Waals surface area contributed by atoms with Gasteiger partial charge in [0, 0.05) is 38.6 Å². The van der Waals surface area contributed by atoms with Crippen molar-refractivity contribution in [2.75, 3.05) is 24.5 Å². The van der Waals surface area contributed by atoms with Crippen molar-refractivity contribution < 1.29 is 19.5 Å². The number of ether oxygens (including phenoxy) is 1. The van der Waals surface area contributed by atoms with E-state index >= 15 is 0 Å². The predicted molar refractivity (Wildman–Crippen MR) is 156 cm³/mol. The van der Waals surface area contributed by atoms with E-state index in [0.29, 0.717) is 30.2 Å². The third-order valence-electron chi connectivity index (χ3n) is 8.85. The van der Waals surface area contributed by atoms with E-state index < -0.39 is 11.9 Å². The van der Waals surface area contributed by atoms with Crippen LogP contribution in [0.25, 0.3) is 0 Å². The first-order valence-corrected chi connectivity index (χ1v) is 14.9. The average molecular weight is 571 g/mol. The summed E-state index contributed by atoms with van der Waals surface area (Å²) >= 11 is 0. The Hall–Kier alpha value is -3.86. The second-order valence-corrected chi connectivity index (χ2v) is 11.6. The zero-order valence-electron chi connectivity index (χ0n) is 23.6. The van der Waals surface area contributed by atoms with Crippen molar-refractivity contribution in [3.63, 3.8) is 0 Å². The van der Waals surface area contributed by atoms with Gasteiger partial charge in [0.15, 0.2) is 0 Å². The number of benzene rings is 2. The number of esters is 1. The number of carbonyl (C=O) groups excluding carboxylic acids is 2. The van der Waals surface area contributed by atoms with Gasteiger partial charge in [0.25, 0.3) is 5.91 Å². The van der Waals surface area contributed by atoms with Crippen molar-refractivity contribution in [1.82, 2.24) is 26.1 Å². The molecule has 10 heteroatoms. The van der Waals surface area contributed by atoms with Crippen molar-refractivity contribution in [3.05, 3.63) is 89.2 Å². The number of hydrogen-bond acceptors (Lipinski definition) is 9. The molecule has 42 heavy (non-hydrogen) atoms. The number of aromatic nitrogens is 2. The molecule has 3 aliphatic rings. The molecule has 10 nitrogen and oxygen atoms in total. The summed E-state index contributed by atoms with van der Waals surface area (Å²) in [7, 11) is 0. The highest BCUT2D eigenvalue weighted by molar-refractivity contribution is 5.92. The molecule has 6 rings (SSSR count). The minimum Gasteiger partial charge on any atom is -0.461 e. The molecular weight excluding hydrogens is 532 g/mol. The first kappa shape index (κ1) is 28.3. The molecule has 2 aliphatic carbocycles. The lowest BCUT2D eigenvalue weighted by Crippen LogP contribution is -2.32. The molecule has 3 atom stereocenters. The summed E-state index contributed by atoms with van der Waals surface area (Å²) in [4.78, 5) is 35.2. The van der Waals surface area contributed by atoms with Crippen molar-refractivity contribution in [2.24, 2.45) is 17.8 Å². The van der Waals surface area contributed by atoms with Gasteiger partial charge in [-0.25, -0.2) is 20.2 Å². The zero-order valence-corrected chi connectivity index (χ0v) is 23.6. The summed E-state index contributed by atoms with van der Waals surface area (Å²) in [5.74, 6) is 1.73. The van der Waals surface area contributed by atoms with Crippen molar-refractivity contribution in [2.45, 2.75) is 50.9 Å².